The summed E-state index contributed by atoms with van der Waals surface area (Å²) in [6.45, 7) is -0.799. The van der Waals surface area contributed by atoms with Gasteiger partial charge in [0.1, 0.15) is 18.3 Å². The summed E-state index contributed by atoms with van der Waals surface area (Å²) in [6.07, 6.45) is -9.76. The van der Waals surface area contributed by atoms with Crippen LogP contribution in [0.4, 0.5) is 8.59 Å². The molecule has 1 heterocycles. The van der Waals surface area contributed by atoms with E-state index in [2.05, 4.69) is 9.26 Å². The van der Waals surface area contributed by atoms with E-state index < -0.39 is 45.3 Å². The van der Waals surface area contributed by atoms with Gasteiger partial charge in [-0.25, -0.2) is 8.96 Å². The van der Waals surface area contributed by atoms with E-state index in [1.54, 1.807) is 0 Å². The first-order chi connectivity index (χ1) is 7.26. The zero-order valence-corrected chi connectivity index (χ0v) is 8.71. The Bertz CT molecular complexity index is 282. The molecule has 16 heavy (non-hydrogen) atoms. The van der Waals surface area contributed by atoms with Gasteiger partial charge in [-0.15, -0.1) is 4.20 Å². The van der Waals surface area contributed by atoms with E-state index in [0.717, 1.165) is 0 Å². The molecule has 0 spiro atoms. The molecule has 0 aliphatic carbocycles. The van der Waals surface area contributed by atoms with Crippen molar-refractivity contribution in [2.24, 2.45) is 0 Å². The predicted octanol–water partition coefficient (Wildman–Crippen LogP) is -1.15. The van der Waals surface area contributed by atoms with E-state index in [4.69, 9.17) is 20.2 Å². The molecule has 0 radical (unpaired) electrons. The van der Waals surface area contributed by atoms with Crippen LogP contribution < -0.4 is 0 Å². The van der Waals surface area contributed by atoms with E-state index in [9.17, 15) is 13.2 Å². The van der Waals surface area contributed by atoms with Gasteiger partial charge in [0.05, 0.1) is 6.61 Å². The first-order valence-electron chi connectivity index (χ1n) is 4.23. The van der Waals surface area contributed by atoms with Gasteiger partial charge >= 0.3 is 7.91 Å². The molecule has 1 unspecified atom stereocenters. The Kier molecular flexibility index (Phi) is 4.35. The van der Waals surface area contributed by atoms with Gasteiger partial charge in [0.2, 0.25) is 6.29 Å². The standard InChI is InChI=1S/C6H11F2O7P/c7-3-5(11)4(10)2(1-9)14-6(3)15-16(8,12)13/h2-6,9-11H,1H2,(H,12,13)/t2-,3-,4-,5-,6-/m1/s1. The summed E-state index contributed by atoms with van der Waals surface area (Å²) < 4.78 is 43.8. The quantitative estimate of drug-likeness (QED) is 0.475. The molecule has 4 N–H and O–H groups in total. The first-order valence-corrected chi connectivity index (χ1v) is 5.70. The summed E-state index contributed by atoms with van der Waals surface area (Å²) >= 11 is 0. The maximum Gasteiger partial charge on any atom is 0.512 e. The molecule has 0 aromatic heterocycles. The average Bonchev–Trinajstić information content (AvgIpc) is 2.17. The van der Waals surface area contributed by atoms with Gasteiger partial charge in [-0.2, -0.15) is 0 Å². The SMILES string of the molecule is O=P(O)(F)O[C@H]1O[C@H](CO)[C@@H](O)[C@H](O)[C@H]1F. The van der Waals surface area contributed by atoms with Crippen LogP contribution in [0.25, 0.3) is 0 Å². The molecular weight excluding hydrogens is 253 g/mol. The van der Waals surface area contributed by atoms with Crippen LogP contribution in [0.15, 0.2) is 0 Å². The van der Waals surface area contributed by atoms with Gasteiger partial charge in [0.25, 0.3) is 0 Å². The van der Waals surface area contributed by atoms with Crippen molar-refractivity contribution in [3.05, 3.63) is 0 Å². The van der Waals surface area contributed by atoms with Crippen molar-refractivity contribution in [1.29, 1.82) is 0 Å². The summed E-state index contributed by atoms with van der Waals surface area (Å²) in [5.74, 6) is 0. The van der Waals surface area contributed by atoms with Crippen LogP contribution in [0, 0.1) is 0 Å². The maximum absolute atomic E-state index is 13.2. The molecular formula is C6H11F2O7P. The molecule has 6 atom stereocenters. The summed E-state index contributed by atoms with van der Waals surface area (Å²) in [4.78, 5) is 8.21. The highest BCUT2D eigenvalue weighted by molar-refractivity contribution is 7.46. The van der Waals surface area contributed by atoms with E-state index in [-0.39, 0.29) is 0 Å². The number of hydrogen-bond acceptors (Lipinski definition) is 6. The second-order valence-electron chi connectivity index (χ2n) is 3.21. The number of halogens is 2. The molecule has 96 valence electrons. The number of ether oxygens (including phenoxy) is 1. The first kappa shape index (κ1) is 13.9. The predicted molar refractivity (Wildman–Crippen MR) is 44.7 cm³/mol. The van der Waals surface area contributed by atoms with Crippen LogP contribution in [0.2, 0.25) is 0 Å². The molecule has 7 nitrogen and oxygen atoms in total. The fourth-order valence-electron chi connectivity index (χ4n) is 1.26. The van der Waals surface area contributed by atoms with Gasteiger partial charge in [-0.1, -0.05) is 0 Å². The van der Waals surface area contributed by atoms with Crippen molar-refractivity contribution in [1.82, 2.24) is 0 Å². The van der Waals surface area contributed by atoms with Gasteiger partial charge in [0.15, 0.2) is 6.17 Å². The summed E-state index contributed by atoms with van der Waals surface area (Å²) in [5.41, 5.74) is 0. The highest BCUT2D eigenvalue weighted by atomic mass is 31.2. The monoisotopic (exact) mass is 264 g/mol. The summed E-state index contributed by atoms with van der Waals surface area (Å²) in [7, 11) is -5.49. The minimum absolute atomic E-state index is 0.799. The molecule has 1 aliphatic rings. The lowest BCUT2D eigenvalue weighted by atomic mass is 10.0. The average molecular weight is 264 g/mol. The summed E-state index contributed by atoms with van der Waals surface area (Å²) in [6, 6.07) is 0. The highest BCUT2D eigenvalue weighted by Gasteiger charge is 2.47. The Morgan fingerprint density at radius 1 is 1.38 bits per heavy atom. The minimum atomic E-state index is -5.49. The van der Waals surface area contributed by atoms with Crippen LogP contribution >= 0.6 is 7.91 Å². The lowest BCUT2D eigenvalue weighted by molar-refractivity contribution is -0.264. The van der Waals surface area contributed by atoms with Crippen molar-refractivity contribution in [3.63, 3.8) is 0 Å². The third kappa shape index (κ3) is 3.17. The van der Waals surface area contributed by atoms with Crippen molar-refractivity contribution in [2.75, 3.05) is 6.61 Å². The van der Waals surface area contributed by atoms with Gasteiger partial charge in [0, 0.05) is 0 Å². The van der Waals surface area contributed by atoms with Crippen LogP contribution in [0.5, 0.6) is 0 Å². The molecule has 0 amide bonds. The lowest BCUT2D eigenvalue weighted by Gasteiger charge is -2.37. The number of aliphatic hydroxyl groups excluding tert-OH is 3. The third-order valence-electron chi connectivity index (χ3n) is 2.04. The second kappa shape index (κ2) is 5.01. The number of aliphatic hydroxyl groups is 3. The molecule has 0 saturated carbocycles. The number of hydrogen-bond donors (Lipinski definition) is 4. The zero-order valence-electron chi connectivity index (χ0n) is 7.81. The molecule has 10 heteroatoms. The molecule has 1 fully saturated rings. The van der Waals surface area contributed by atoms with E-state index in [1.807, 2.05) is 0 Å². The molecule has 0 aromatic carbocycles. The third-order valence-corrected chi connectivity index (χ3v) is 2.51. The van der Waals surface area contributed by atoms with Crippen molar-refractivity contribution in [3.8, 4) is 0 Å². The normalized spacial score (nSPS) is 44.0. The molecule has 1 aliphatic heterocycles. The molecule has 1 saturated heterocycles. The Morgan fingerprint density at radius 2 is 1.94 bits per heavy atom. The molecule has 0 aromatic rings. The van der Waals surface area contributed by atoms with Crippen LogP contribution in [0.1, 0.15) is 0 Å². The topological polar surface area (TPSA) is 116 Å². The Morgan fingerprint density at radius 3 is 2.38 bits per heavy atom. The molecule has 1 rings (SSSR count). The summed E-state index contributed by atoms with van der Waals surface area (Å²) in [5, 5.41) is 27.0. The van der Waals surface area contributed by atoms with Crippen molar-refractivity contribution in [2.45, 2.75) is 30.8 Å². The van der Waals surface area contributed by atoms with Gasteiger partial charge < -0.3 is 20.1 Å². The van der Waals surface area contributed by atoms with E-state index in [1.165, 1.54) is 0 Å². The lowest BCUT2D eigenvalue weighted by Crippen LogP contribution is -2.57. The fraction of sp³-hybridized carbons (Fsp3) is 1.00. The van der Waals surface area contributed by atoms with Crippen LogP contribution in [-0.4, -0.2) is 57.6 Å². The van der Waals surface area contributed by atoms with Crippen molar-refractivity contribution >= 4 is 7.91 Å². The Balaban J connectivity index is 2.75. The number of rotatable bonds is 3. The minimum Gasteiger partial charge on any atom is -0.394 e. The second-order valence-corrected chi connectivity index (χ2v) is 4.32. The fourth-order valence-corrected chi connectivity index (χ4v) is 1.68. The Labute approximate surface area is 88.9 Å². The van der Waals surface area contributed by atoms with Crippen molar-refractivity contribution < 1.29 is 42.6 Å². The largest absolute Gasteiger partial charge is 0.512 e. The van der Waals surface area contributed by atoms with E-state index in [0.29, 0.717) is 0 Å². The highest BCUT2D eigenvalue weighted by Crippen LogP contribution is 2.46. The number of alkyl halides is 1. The van der Waals surface area contributed by atoms with Crippen LogP contribution in [0.3, 0.4) is 0 Å². The van der Waals surface area contributed by atoms with Crippen LogP contribution in [-0.2, 0) is 13.8 Å². The molecule has 0 bridgehead atoms. The van der Waals surface area contributed by atoms with Gasteiger partial charge in [-0.3, -0.25) is 9.42 Å². The van der Waals surface area contributed by atoms with E-state index >= 15 is 0 Å². The van der Waals surface area contributed by atoms with Gasteiger partial charge in [-0.05, 0) is 0 Å². The Hall–Kier alpha value is -0.150. The maximum atomic E-state index is 13.2. The smallest absolute Gasteiger partial charge is 0.394 e. The zero-order chi connectivity index (χ0) is 12.5.